The van der Waals surface area contributed by atoms with Crippen LogP contribution in [0, 0.1) is 0 Å². The highest BCUT2D eigenvalue weighted by Crippen LogP contribution is 2.27. The van der Waals surface area contributed by atoms with Crippen LogP contribution >= 0.6 is 0 Å². The van der Waals surface area contributed by atoms with Crippen molar-refractivity contribution in [3.63, 3.8) is 0 Å². The third kappa shape index (κ3) is 3.65. The van der Waals surface area contributed by atoms with E-state index in [0.717, 1.165) is 0 Å². The van der Waals surface area contributed by atoms with Crippen molar-refractivity contribution in [2.24, 2.45) is 0 Å². The first-order chi connectivity index (χ1) is 8.56. The van der Waals surface area contributed by atoms with Gasteiger partial charge >= 0.3 is 5.97 Å². The Morgan fingerprint density at radius 2 is 2.06 bits per heavy atom. The molecule has 0 bridgehead atoms. The number of carbonyl (C=O) groups is 2. The Morgan fingerprint density at radius 1 is 1.33 bits per heavy atom. The molecule has 0 fully saturated rings. The van der Waals surface area contributed by atoms with Crippen LogP contribution in [0.15, 0.2) is 18.2 Å². The van der Waals surface area contributed by atoms with Crippen molar-refractivity contribution < 1.29 is 24.5 Å². The molecule has 0 atom stereocenters. The predicted molar refractivity (Wildman–Crippen MR) is 63.4 cm³/mol. The van der Waals surface area contributed by atoms with Gasteiger partial charge in [0.25, 0.3) is 5.91 Å². The highest BCUT2D eigenvalue weighted by molar-refractivity contribution is 5.97. The van der Waals surface area contributed by atoms with E-state index < -0.39 is 17.6 Å². The molecule has 6 heteroatoms. The minimum atomic E-state index is -0.562. The summed E-state index contributed by atoms with van der Waals surface area (Å²) in [6.45, 7) is 2.09. The second kappa shape index (κ2) is 6.48. The molecular formula is C12H15NO5. The van der Waals surface area contributed by atoms with Gasteiger partial charge in [0, 0.05) is 6.54 Å². The van der Waals surface area contributed by atoms with Gasteiger partial charge in [0.1, 0.15) is 0 Å². The predicted octanol–water partition coefficient (Wildman–Crippen LogP) is 0.781. The molecule has 98 valence electrons. The number of carbonyl (C=O) groups excluding carboxylic acids is 2. The lowest BCUT2D eigenvalue weighted by Crippen LogP contribution is -2.26. The van der Waals surface area contributed by atoms with Crippen LogP contribution in [0.4, 0.5) is 0 Å². The zero-order chi connectivity index (χ0) is 13.5. The van der Waals surface area contributed by atoms with Crippen molar-refractivity contribution in [3.8, 4) is 11.5 Å². The van der Waals surface area contributed by atoms with Crippen LogP contribution in [0.3, 0.4) is 0 Å². The van der Waals surface area contributed by atoms with Gasteiger partial charge in [0.2, 0.25) is 0 Å². The first-order valence-electron chi connectivity index (χ1n) is 5.51. The minimum Gasteiger partial charge on any atom is -0.504 e. The number of hydrogen-bond donors (Lipinski definition) is 3. The van der Waals surface area contributed by atoms with Gasteiger partial charge in [-0.25, -0.2) is 0 Å². The molecule has 0 radical (unpaired) electrons. The van der Waals surface area contributed by atoms with E-state index in [0.29, 0.717) is 6.61 Å². The molecular weight excluding hydrogens is 238 g/mol. The molecule has 0 heterocycles. The highest BCUT2D eigenvalue weighted by atomic mass is 16.5. The number of phenols is 2. The van der Waals surface area contributed by atoms with E-state index in [1.54, 1.807) is 6.92 Å². The van der Waals surface area contributed by atoms with Gasteiger partial charge < -0.3 is 20.3 Å². The fourth-order valence-corrected chi connectivity index (χ4v) is 1.32. The molecule has 3 N–H and O–H groups in total. The lowest BCUT2D eigenvalue weighted by atomic mass is 10.1. The van der Waals surface area contributed by atoms with Gasteiger partial charge in [-0.15, -0.1) is 0 Å². The Kier molecular flexibility index (Phi) is 4.98. The molecule has 1 rings (SSSR count). The van der Waals surface area contributed by atoms with E-state index in [-0.39, 0.29) is 24.3 Å². The maximum atomic E-state index is 11.6. The lowest BCUT2D eigenvalue weighted by molar-refractivity contribution is -0.142. The van der Waals surface area contributed by atoms with E-state index in [4.69, 9.17) is 4.74 Å². The summed E-state index contributed by atoms with van der Waals surface area (Å²) in [4.78, 5) is 22.6. The number of benzene rings is 1. The summed E-state index contributed by atoms with van der Waals surface area (Å²) < 4.78 is 4.69. The fourth-order valence-electron chi connectivity index (χ4n) is 1.32. The Morgan fingerprint density at radius 3 is 2.72 bits per heavy atom. The molecule has 6 nitrogen and oxygen atoms in total. The summed E-state index contributed by atoms with van der Waals surface area (Å²) in [5, 5.41) is 21.1. The minimum absolute atomic E-state index is 0.0427. The quantitative estimate of drug-likeness (QED) is 0.532. The van der Waals surface area contributed by atoms with Crippen LogP contribution in [0.2, 0.25) is 0 Å². The van der Waals surface area contributed by atoms with Crippen LogP contribution in [0.5, 0.6) is 11.5 Å². The molecule has 1 aromatic carbocycles. The maximum absolute atomic E-state index is 11.6. The maximum Gasteiger partial charge on any atom is 0.307 e. The van der Waals surface area contributed by atoms with Crippen LogP contribution in [-0.2, 0) is 9.53 Å². The third-order valence-corrected chi connectivity index (χ3v) is 2.18. The van der Waals surface area contributed by atoms with Gasteiger partial charge in [-0.2, -0.15) is 0 Å². The summed E-state index contributed by atoms with van der Waals surface area (Å²) in [5.74, 6) is -1.81. The fraction of sp³-hybridized carbons (Fsp3) is 0.333. The summed E-state index contributed by atoms with van der Waals surface area (Å²) in [6.07, 6.45) is 0.0547. The van der Waals surface area contributed by atoms with Crippen molar-refractivity contribution in [1.29, 1.82) is 0 Å². The van der Waals surface area contributed by atoms with Gasteiger partial charge in [0.05, 0.1) is 18.6 Å². The topological polar surface area (TPSA) is 95.9 Å². The number of para-hydroxylation sites is 1. The van der Waals surface area contributed by atoms with Crippen molar-refractivity contribution in [2.45, 2.75) is 13.3 Å². The van der Waals surface area contributed by atoms with Crippen molar-refractivity contribution >= 4 is 11.9 Å². The smallest absolute Gasteiger partial charge is 0.307 e. The molecule has 0 saturated heterocycles. The normalized spacial score (nSPS) is 9.83. The van der Waals surface area contributed by atoms with Gasteiger partial charge in [-0.3, -0.25) is 9.59 Å². The van der Waals surface area contributed by atoms with Crippen LogP contribution in [-0.4, -0.2) is 35.2 Å². The number of aromatic hydroxyl groups is 2. The molecule has 0 unspecified atom stereocenters. The molecule has 0 saturated carbocycles. The molecule has 0 aliphatic heterocycles. The van der Waals surface area contributed by atoms with Gasteiger partial charge in [0.15, 0.2) is 11.5 Å². The van der Waals surface area contributed by atoms with E-state index in [1.807, 2.05) is 0 Å². The van der Waals surface area contributed by atoms with Gasteiger partial charge in [-0.1, -0.05) is 6.07 Å². The van der Waals surface area contributed by atoms with Crippen LogP contribution < -0.4 is 5.32 Å². The van der Waals surface area contributed by atoms with Crippen LogP contribution in [0.25, 0.3) is 0 Å². The number of ether oxygens (including phenoxy) is 1. The third-order valence-electron chi connectivity index (χ3n) is 2.18. The monoisotopic (exact) mass is 253 g/mol. The number of esters is 1. The standard InChI is InChI=1S/C12H15NO5/c1-2-18-10(15)6-7-13-12(17)8-4-3-5-9(14)11(8)16/h3-5,14,16H,2,6-7H2,1H3,(H,13,17). The average molecular weight is 253 g/mol. The average Bonchev–Trinajstić information content (AvgIpc) is 2.33. The number of rotatable bonds is 5. The van der Waals surface area contributed by atoms with E-state index in [2.05, 4.69) is 5.32 Å². The summed E-state index contributed by atoms with van der Waals surface area (Å²) >= 11 is 0. The summed E-state index contributed by atoms with van der Waals surface area (Å²) in [7, 11) is 0. The molecule has 0 aliphatic carbocycles. The van der Waals surface area contributed by atoms with Crippen molar-refractivity contribution in [3.05, 3.63) is 23.8 Å². The Labute approximate surface area is 104 Å². The highest BCUT2D eigenvalue weighted by Gasteiger charge is 2.13. The Bertz CT molecular complexity index is 444. The number of nitrogens with one attached hydrogen (secondary N) is 1. The second-order valence-corrected chi connectivity index (χ2v) is 3.48. The largest absolute Gasteiger partial charge is 0.504 e. The zero-order valence-electron chi connectivity index (χ0n) is 9.97. The number of phenolic OH excluding ortho intramolecular Hbond substituents is 2. The molecule has 18 heavy (non-hydrogen) atoms. The van der Waals surface area contributed by atoms with E-state index in [1.165, 1.54) is 18.2 Å². The van der Waals surface area contributed by atoms with Crippen molar-refractivity contribution in [1.82, 2.24) is 5.32 Å². The lowest BCUT2D eigenvalue weighted by Gasteiger charge is -2.07. The first kappa shape index (κ1) is 13.8. The number of hydrogen-bond acceptors (Lipinski definition) is 5. The summed E-state index contributed by atoms with van der Waals surface area (Å²) in [6, 6.07) is 4.08. The number of amides is 1. The van der Waals surface area contributed by atoms with E-state index >= 15 is 0 Å². The van der Waals surface area contributed by atoms with Gasteiger partial charge in [-0.05, 0) is 19.1 Å². The Balaban J connectivity index is 2.51. The molecule has 0 aliphatic rings. The molecule has 1 aromatic rings. The summed E-state index contributed by atoms with van der Waals surface area (Å²) in [5.41, 5.74) is -0.0427. The van der Waals surface area contributed by atoms with Crippen molar-refractivity contribution in [2.75, 3.05) is 13.2 Å². The second-order valence-electron chi connectivity index (χ2n) is 3.48. The molecule has 0 aromatic heterocycles. The SMILES string of the molecule is CCOC(=O)CCNC(=O)c1cccc(O)c1O. The first-order valence-corrected chi connectivity index (χ1v) is 5.51. The van der Waals surface area contributed by atoms with Crippen LogP contribution in [0.1, 0.15) is 23.7 Å². The van der Waals surface area contributed by atoms with E-state index in [9.17, 15) is 19.8 Å². The molecule has 1 amide bonds. The Hall–Kier alpha value is -2.24. The molecule has 0 spiro atoms. The zero-order valence-corrected chi connectivity index (χ0v) is 9.97.